The molecule has 1 aromatic carbocycles. The van der Waals surface area contributed by atoms with Crippen molar-refractivity contribution in [3.8, 4) is 0 Å². The van der Waals surface area contributed by atoms with E-state index in [1.165, 1.54) is 18.2 Å². The Morgan fingerprint density at radius 3 is 2.76 bits per heavy atom. The van der Waals surface area contributed by atoms with Crippen LogP contribution in [0.15, 0.2) is 23.1 Å². The Balaban J connectivity index is 2.40. The molecule has 2 rings (SSSR count). The molecule has 0 aromatic heterocycles. The van der Waals surface area contributed by atoms with E-state index in [0.717, 1.165) is 12.8 Å². The van der Waals surface area contributed by atoms with E-state index >= 15 is 0 Å². The van der Waals surface area contributed by atoms with Gasteiger partial charge in [-0.05, 0) is 25.0 Å². The lowest BCUT2D eigenvalue weighted by Gasteiger charge is -2.32. The third-order valence-corrected chi connectivity index (χ3v) is 5.13. The lowest BCUT2D eigenvalue weighted by molar-refractivity contribution is 0.0267. The Hall–Kier alpha value is -0.820. The summed E-state index contributed by atoms with van der Waals surface area (Å²) in [7, 11) is 2.93. The summed E-state index contributed by atoms with van der Waals surface area (Å²) in [5.74, 6) is -0.443. The first-order valence-electron chi connectivity index (χ1n) is 6.40. The Kier molecular flexibility index (Phi) is 5.14. The average molecular weight is 352 g/mol. The predicted molar refractivity (Wildman–Crippen MR) is 80.4 cm³/mol. The number of hydrogen-bond donors (Lipinski definition) is 0. The van der Waals surface area contributed by atoms with Crippen molar-refractivity contribution in [2.24, 2.45) is 0 Å². The number of carbonyl (C=O) groups excluding carboxylic acids is 1. The molecule has 1 atom stereocenters. The molecule has 0 radical (unpaired) electrons. The summed E-state index contributed by atoms with van der Waals surface area (Å²) in [5.41, 5.74) is -0.0779. The SMILES string of the molecule is COC1CCCN(C(=O)c2c(Cl)cccc2S(=O)(=O)Cl)C1. The largest absolute Gasteiger partial charge is 0.380 e. The van der Waals surface area contributed by atoms with E-state index in [1.54, 1.807) is 12.0 Å². The highest BCUT2D eigenvalue weighted by Gasteiger charge is 2.30. The molecular weight excluding hydrogens is 337 g/mol. The van der Waals surface area contributed by atoms with E-state index in [4.69, 9.17) is 27.0 Å². The minimum atomic E-state index is -4.05. The molecule has 5 nitrogen and oxygen atoms in total. The maximum Gasteiger partial charge on any atom is 0.262 e. The van der Waals surface area contributed by atoms with Crippen LogP contribution in [-0.2, 0) is 13.8 Å². The van der Waals surface area contributed by atoms with Crippen LogP contribution in [0.3, 0.4) is 0 Å². The maximum absolute atomic E-state index is 12.6. The molecule has 1 unspecified atom stereocenters. The van der Waals surface area contributed by atoms with Crippen LogP contribution in [0.2, 0.25) is 5.02 Å². The van der Waals surface area contributed by atoms with Gasteiger partial charge in [-0.15, -0.1) is 0 Å². The monoisotopic (exact) mass is 351 g/mol. The molecule has 1 aliphatic rings. The van der Waals surface area contributed by atoms with Gasteiger partial charge in [0.25, 0.3) is 15.0 Å². The van der Waals surface area contributed by atoms with Crippen LogP contribution in [-0.4, -0.2) is 45.5 Å². The van der Waals surface area contributed by atoms with Gasteiger partial charge in [0.1, 0.15) is 0 Å². The van der Waals surface area contributed by atoms with Crippen molar-refractivity contribution < 1.29 is 17.9 Å². The third-order valence-electron chi connectivity index (χ3n) is 3.45. The minimum Gasteiger partial charge on any atom is -0.380 e. The summed E-state index contributed by atoms with van der Waals surface area (Å²) in [4.78, 5) is 13.9. The van der Waals surface area contributed by atoms with Crippen LogP contribution in [0.5, 0.6) is 0 Å². The first kappa shape index (κ1) is 16.5. The molecule has 1 heterocycles. The molecule has 1 aliphatic heterocycles. The number of amides is 1. The number of halogens is 2. The molecule has 1 fully saturated rings. The fourth-order valence-corrected chi connectivity index (χ4v) is 3.77. The Bertz CT molecular complexity index is 648. The number of benzene rings is 1. The zero-order valence-corrected chi connectivity index (χ0v) is 13.7. The van der Waals surface area contributed by atoms with Crippen molar-refractivity contribution >= 4 is 37.2 Å². The van der Waals surface area contributed by atoms with Gasteiger partial charge >= 0.3 is 0 Å². The topological polar surface area (TPSA) is 63.7 Å². The highest BCUT2D eigenvalue weighted by atomic mass is 35.7. The van der Waals surface area contributed by atoms with Crippen LogP contribution in [0.25, 0.3) is 0 Å². The average Bonchev–Trinajstić information content (AvgIpc) is 2.45. The number of ether oxygens (including phenoxy) is 1. The van der Waals surface area contributed by atoms with E-state index in [-0.39, 0.29) is 21.6 Å². The van der Waals surface area contributed by atoms with Gasteiger partial charge in [0.05, 0.1) is 21.6 Å². The summed E-state index contributed by atoms with van der Waals surface area (Å²) in [6, 6.07) is 4.19. The van der Waals surface area contributed by atoms with Gasteiger partial charge in [-0.25, -0.2) is 8.42 Å². The Labute approximate surface area is 133 Å². The van der Waals surface area contributed by atoms with Crippen molar-refractivity contribution in [2.45, 2.75) is 23.8 Å². The predicted octanol–water partition coefficient (Wildman–Crippen LogP) is 2.52. The quantitative estimate of drug-likeness (QED) is 0.785. The van der Waals surface area contributed by atoms with E-state index in [2.05, 4.69) is 0 Å². The summed E-state index contributed by atoms with van der Waals surface area (Å²) in [6.07, 6.45) is 1.60. The van der Waals surface area contributed by atoms with Gasteiger partial charge < -0.3 is 9.64 Å². The van der Waals surface area contributed by atoms with Crippen molar-refractivity contribution in [3.05, 3.63) is 28.8 Å². The molecule has 8 heteroatoms. The number of piperidine rings is 1. The Morgan fingerprint density at radius 2 is 2.14 bits per heavy atom. The lowest BCUT2D eigenvalue weighted by Crippen LogP contribution is -2.43. The van der Waals surface area contributed by atoms with E-state index in [1.807, 2.05) is 0 Å². The molecule has 0 bridgehead atoms. The van der Waals surface area contributed by atoms with Crippen molar-refractivity contribution in [2.75, 3.05) is 20.2 Å². The van der Waals surface area contributed by atoms with Gasteiger partial charge in [-0.3, -0.25) is 4.79 Å². The molecule has 21 heavy (non-hydrogen) atoms. The minimum absolute atomic E-state index is 0.0544. The molecule has 0 spiro atoms. The van der Waals surface area contributed by atoms with E-state index in [0.29, 0.717) is 13.1 Å². The molecule has 1 amide bonds. The first-order chi connectivity index (χ1) is 9.84. The van der Waals surface area contributed by atoms with Crippen LogP contribution in [0.1, 0.15) is 23.2 Å². The number of nitrogens with zero attached hydrogens (tertiary/aromatic N) is 1. The van der Waals surface area contributed by atoms with Crippen LogP contribution >= 0.6 is 22.3 Å². The van der Waals surface area contributed by atoms with Crippen LogP contribution < -0.4 is 0 Å². The highest BCUT2D eigenvalue weighted by Crippen LogP contribution is 2.29. The summed E-state index contributed by atoms with van der Waals surface area (Å²) in [5, 5.41) is 0.0706. The number of carbonyl (C=O) groups is 1. The number of rotatable bonds is 3. The van der Waals surface area contributed by atoms with E-state index in [9.17, 15) is 13.2 Å². The van der Waals surface area contributed by atoms with Crippen molar-refractivity contribution in [1.29, 1.82) is 0 Å². The van der Waals surface area contributed by atoms with Crippen LogP contribution in [0, 0.1) is 0 Å². The van der Waals surface area contributed by atoms with Gasteiger partial charge in [-0.2, -0.15) is 0 Å². The fourth-order valence-electron chi connectivity index (χ4n) is 2.39. The summed E-state index contributed by atoms with van der Waals surface area (Å²) < 4.78 is 28.5. The van der Waals surface area contributed by atoms with Crippen LogP contribution in [0.4, 0.5) is 0 Å². The van der Waals surface area contributed by atoms with Crippen molar-refractivity contribution in [3.63, 3.8) is 0 Å². The smallest absolute Gasteiger partial charge is 0.262 e. The zero-order chi connectivity index (χ0) is 15.6. The zero-order valence-electron chi connectivity index (χ0n) is 11.4. The number of hydrogen-bond acceptors (Lipinski definition) is 4. The van der Waals surface area contributed by atoms with Gasteiger partial charge in [0.2, 0.25) is 0 Å². The van der Waals surface area contributed by atoms with Gasteiger partial charge in [0.15, 0.2) is 0 Å². The molecule has 0 N–H and O–H groups in total. The molecule has 116 valence electrons. The first-order valence-corrected chi connectivity index (χ1v) is 9.08. The second-order valence-electron chi connectivity index (χ2n) is 4.80. The molecule has 1 aromatic rings. The standard InChI is InChI=1S/C13H15Cl2NO4S/c1-20-9-4-3-7-16(8-9)13(17)12-10(14)5-2-6-11(12)21(15,18)19/h2,5-6,9H,3-4,7-8H2,1H3. The van der Waals surface area contributed by atoms with Gasteiger partial charge in [-0.1, -0.05) is 17.7 Å². The van der Waals surface area contributed by atoms with Gasteiger partial charge in [0, 0.05) is 30.9 Å². The number of likely N-dealkylation sites (tertiary alicyclic amines) is 1. The summed E-state index contributed by atoms with van der Waals surface area (Å²) in [6.45, 7) is 0.939. The molecule has 0 saturated carbocycles. The highest BCUT2D eigenvalue weighted by molar-refractivity contribution is 8.13. The fraction of sp³-hybridized carbons (Fsp3) is 0.462. The lowest BCUT2D eigenvalue weighted by atomic mass is 10.1. The molecule has 1 saturated heterocycles. The summed E-state index contributed by atoms with van der Waals surface area (Å²) >= 11 is 6.02. The molecular formula is C13H15Cl2NO4S. The maximum atomic E-state index is 12.6. The molecule has 0 aliphatic carbocycles. The van der Waals surface area contributed by atoms with E-state index < -0.39 is 15.0 Å². The normalized spacial score (nSPS) is 19.6. The second-order valence-corrected chi connectivity index (χ2v) is 7.74. The Morgan fingerprint density at radius 1 is 1.43 bits per heavy atom. The second kappa shape index (κ2) is 6.52. The third kappa shape index (κ3) is 3.69. The van der Waals surface area contributed by atoms with Crippen molar-refractivity contribution in [1.82, 2.24) is 4.90 Å². The number of methoxy groups -OCH3 is 1.